The zero-order valence-electron chi connectivity index (χ0n) is 20.5. The molecule has 192 valence electrons. The molecule has 0 aliphatic rings. The van der Waals surface area contributed by atoms with Crippen molar-refractivity contribution >= 4 is 35.5 Å². The van der Waals surface area contributed by atoms with Crippen LogP contribution in [0.3, 0.4) is 0 Å². The van der Waals surface area contributed by atoms with E-state index >= 15 is 0 Å². The molecule has 1 heterocycles. The molecule has 0 aliphatic carbocycles. The summed E-state index contributed by atoms with van der Waals surface area (Å²) >= 11 is 1.49. The van der Waals surface area contributed by atoms with Gasteiger partial charge < -0.3 is 31.8 Å². The number of rotatable bonds is 15. The van der Waals surface area contributed by atoms with E-state index in [4.69, 9.17) is 5.73 Å². The van der Waals surface area contributed by atoms with Gasteiger partial charge in [-0.1, -0.05) is 27.7 Å². The van der Waals surface area contributed by atoms with E-state index in [1.165, 1.54) is 18.1 Å². The molecule has 1 rings (SSSR count). The van der Waals surface area contributed by atoms with Crippen molar-refractivity contribution in [3.63, 3.8) is 0 Å². The van der Waals surface area contributed by atoms with Crippen LogP contribution < -0.4 is 21.7 Å². The fourth-order valence-electron chi connectivity index (χ4n) is 3.26. The van der Waals surface area contributed by atoms with Crippen LogP contribution in [-0.2, 0) is 25.6 Å². The van der Waals surface area contributed by atoms with E-state index in [0.29, 0.717) is 24.3 Å². The Bertz CT molecular complexity index is 802. The second-order valence-corrected chi connectivity index (χ2v) is 9.97. The summed E-state index contributed by atoms with van der Waals surface area (Å²) in [6.45, 7) is 7.26. The van der Waals surface area contributed by atoms with Gasteiger partial charge in [0.05, 0.1) is 12.4 Å². The Morgan fingerprint density at radius 1 is 1.06 bits per heavy atom. The third-order valence-electron chi connectivity index (χ3n) is 5.15. The molecule has 0 aromatic carbocycles. The molecular formula is C22H38N6O5S. The minimum Gasteiger partial charge on any atom is -0.480 e. The van der Waals surface area contributed by atoms with E-state index < -0.39 is 47.9 Å². The van der Waals surface area contributed by atoms with Crippen LogP contribution in [0.4, 0.5) is 0 Å². The van der Waals surface area contributed by atoms with Crippen molar-refractivity contribution in [1.29, 1.82) is 0 Å². The van der Waals surface area contributed by atoms with Crippen molar-refractivity contribution < 1.29 is 24.3 Å². The summed E-state index contributed by atoms with van der Waals surface area (Å²) in [6.07, 6.45) is 5.73. The number of nitrogens with zero attached hydrogens (tertiary/aromatic N) is 1. The number of aliphatic carboxylic acids is 1. The quantitative estimate of drug-likeness (QED) is 0.199. The number of carboxylic acids is 1. The van der Waals surface area contributed by atoms with Crippen molar-refractivity contribution in [2.45, 2.75) is 71.1 Å². The van der Waals surface area contributed by atoms with Crippen LogP contribution in [0.1, 0.15) is 46.2 Å². The average molecular weight is 499 g/mol. The summed E-state index contributed by atoms with van der Waals surface area (Å²) in [5.74, 6) is -2.36. The molecule has 0 aliphatic heterocycles. The van der Waals surface area contributed by atoms with Crippen molar-refractivity contribution in [1.82, 2.24) is 25.9 Å². The molecule has 3 amide bonds. The third-order valence-corrected chi connectivity index (χ3v) is 5.79. The Balaban J connectivity index is 3.02. The average Bonchev–Trinajstić information content (AvgIpc) is 3.26. The first-order valence-corrected chi connectivity index (χ1v) is 12.7. The maximum absolute atomic E-state index is 13.2. The number of hydrogen-bond donors (Lipinski definition) is 6. The highest BCUT2D eigenvalue weighted by atomic mass is 32.2. The molecule has 1 aromatic rings. The standard InChI is InChI=1S/C22H38N6O5S/c1-12(2)8-15(23)19(29)27-17(9-14-10-24-11-25-14)21(31)26-16(6-7-34-5)20(30)28-18(13(3)4)22(32)33/h10-13,15-18H,6-9,23H2,1-5H3,(H,24,25)(H,26,31)(H,27,29)(H,28,30)(H,32,33). The van der Waals surface area contributed by atoms with Crippen LogP contribution in [-0.4, -0.2) is 74.9 Å². The first-order valence-electron chi connectivity index (χ1n) is 11.3. The summed E-state index contributed by atoms with van der Waals surface area (Å²) in [7, 11) is 0. The summed E-state index contributed by atoms with van der Waals surface area (Å²) in [5, 5.41) is 17.3. The van der Waals surface area contributed by atoms with Crippen LogP contribution in [0.15, 0.2) is 12.5 Å². The Morgan fingerprint density at radius 3 is 2.18 bits per heavy atom. The van der Waals surface area contributed by atoms with Crippen LogP contribution in [0, 0.1) is 11.8 Å². The van der Waals surface area contributed by atoms with Crippen LogP contribution in [0.2, 0.25) is 0 Å². The summed E-state index contributed by atoms with van der Waals surface area (Å²) < 4.78 is 0. The highest BCUT2D eigenvalue weighted by Crippen LogP contribution is 2.08. The highest BCUT2D eigenvalue weighted by molar-refractivity contribution is 7.98. The molecule has 0 radical (unpaired) electrons. The van der Waals surface area contributed by atoms with Gasteiger partial charge in [0.25, 0.3) is 0 Å². The lowest BCUT2D eigenvalue weighted by molar-refractivity contribution is -0.143. The molecule has 7 N–H and O–H groups in total. The van der Waals surface area contributed by atoms with Gasteiger partial charge in [-0.05, 0) is 36.7 Å². The second kappa shape index (κ2) is 14.6. The van der Waals surface area contributed by atoms with Crippen molar-refractivity contribution in [2.75, 3.05) is 12.0 Å². The predicted octanol–water partition coefficient (Wildman–Crippen LogP) is 0.274. The van der Waals surface area contributed by atoms with Gasteiger partial charge in [0, 0.05) is 18.3 Å². The summed E-state index contributed by atoms with van der Waals surface area (Å²) in [4.78, 5) is 57.0. The van der Waals surface area contributed by atoms with Crippen LogP contribution >= 0.6 is 11.8 Å². The lowest BCUT2D eigenvalue weighted by Gasteiger charge is -2.26. The maximum Gasteiger partial charge on any atom is 0.326 e. The molecule has 0 spiro atoms. The molecule has 4 atom stereocenters. The van der Waals surface area contributed by atoms with E-state index in [9.17, 15) is 24.3 Å². The van der Waals surface area contributed by atoms with Gasteiger partial charge in [-0.3, -0.25) is 14.4 Å². The number of aromatic amines is 1. The minimum absolute atomic E-state index is 0.118. The third kappa shape index (κ3) is 10.1. The Kier molecular flexibility index (Phi) is 12.7. The molecular weight excluding hydrogens is 460 g/mol. The van der Waals surface area contributed by atoms with Crippen molar-refractivity contribution in [3.05, 3.63) is 18.2 Å². The summed E-state index contributed by atoms with van der Waals surface area (Å²) in [5.41, 5.74) is 6.60. The van der Waals surface area contributed by atoms with Gasteiger partial charge in [0.1, 0.15) is 18.1 Å². The molecule has 12 heteroatoms. The van der Waals surface area contributed by atoms with E-state index in [0.717, 1.165) is 0 Å². The molecule has 0 bridgehead atoms. The number of aromatic nitrogens is 2. The number of carbonyl (C=O) groups excluding carboxylic acids is 3. The number of amides is 3. The molecule has 11 nitrogen and oxygen atoms in total. The molecule has 4 unspecified atom stereocenters. The fraction of sp³-hybridized carbons (Fsp3) is 0.682. The molecule has 1 aromatic heterocycles. The fourth-order valence-corrected chi connectivity index (χ4v) is 3.73. The SMILES string of the molecule is CSCCC(NC(=O)C(Cc1cnc[nH]1)NC(=O)C(N)CC(C)C)C(=O)NC(C(=O)O)C(C)C. The van der Waals surface area contributed by atoms with Gasteiger partial charge in [-0.25, -0.2) is 9.78 Å². The largest absolute Gasteiger partial charge is 0.480 e. The highest BCUT2D eigenvalue weighted by Gasteiger charge is 2.31. The number of nitrogens with one attached hydrogen (secondary N) is 4. The Morgan fingerprint density at radius 2 is 1.68 bits per heavy atom. The Hall–Kier alpha value is -2.60. The van der Waals surface area contributed by atoms with E-state index in [-0.39, 0.29) is 18.3 Å². The topological polar surface area (TPSA) is 179 Å². The molecule has 34 heavy (non-hydrogen) atoms. The number of imidazole rings is 1. The van der Waals surface area contributed by atoms with Gasteiger partial charge in [-0.2, -0.15) is 11.8 Å². The number of carbonyl (C=O) groups is 4. The Labute approximate surface area is 204 Å². The number of hydrogen-bond acceptors (Lipinski definition) is 7. The number of thioether (sulfide) groups is 1. The smallest absolute Gasteiger partial charge is 0.326 e. The lowest BCUT2D eigenvalue weighted by atomic mass is 10.0. The van der Waals surface area contributed by atoms with Gasteiger partial charge in [0.2, 0.25) is 17.7 Å². The van der Waals surface area contributed by atoms with Gasteiger partial charge in [-0.15, -0.1) is 0 Å². The predicted molar refractivity (Wildman–Crippen MR) is 131 cm³/mol. The first-order chi connectivity index (χ1) is 16.0. The normalized spacial score (nSPS) is 14.8. The second-order valence-electron chi connectivity index (χ2n) is 8.99. The maximum atomic E-state index is 13.2. The van der Waals surface area contributed by atoms with Crippen LogP contribution in [0.25, 0.3) is 0 Å². The summed E-state index contributed by atoms with van der Waals surface area (Å²) in [6, 6.07) is -3.84. The van der Waals surface area contributed by atoms with E-state index in [1.54, 1.807) is 20.0 Å². The number of nitrogens with two attached hydrogens (primary N) is 1. The lowest BCUT2D eigenvalue weighted by Crippen LogP contribution is -2.58. The number of H-pyrrole nitrogens is 1. The van der Waals surface area contributed by atoms with E-state index in [1.807, 2.05) is 20.1 Å². The minimum atomic E-state index is -1.15. The van der Waals surface area contributed by atoms with E-state index in [2.05, 4.69) is 25.9 Å². The number of carboxylic acid groups (broad SMARTS) is 1. The van der Waals surface area contributed by atoms with Gasteiger partial charge in [0.15, 0.2) is 0 Å². The first kappa shape index (κ1) is 29.4. The van der Waals surface area contributed by atoms with Crippen LogP contribution in [0.5, 0.6) is 0 Å². The van der Waals surface area contributed by atoms with Crippen molar-refractivity contribution in [2.24, 2.45) is 17.6 Å². The molecule has 0 saturated heterocycles. The zero-order chi connectivity index (χ0) is 25.8. The molecule has 0 saturated carbocycles. The van der Waals surface area contributed by atoms with Crippen molar-refractivity contribution in [3.8, 4) is 0 Å². The van der Waals surface area contributed by atoms with Gasteiger partial charge >= 0.3 is 5.97 Å². The monoisotopic (exact) mass is 498 g/mol. The molecule has 0 fully saturated rings. The zero-order valence-corrected chi connectivity index (χ0v) is 21.3.